The molecule has 0 saturated carbocycles. The van der Waals surface area contributed by atoms with E-state index in [0.717, 1.165) is 10.7 Å². The molecule has 0 atom stereocenters. The summed E-state index contributed by atoms with van der Waals surface area (Å²) in [5, 5.41) is 10.2. The fourth-order valence-electron chi connectivity index (χ4n) is 3.29. The van der Waals surface area contributed by atoms with E-state index in [-0.39, 0.29) is 0 Å². The number of aromatic nitrogens is 2. The SMILES string of the molecule is O=C(O)c1ccccc1CSc1nccn1Cc1ccccc1-c1ccccc1. The first-order valence-electron chi connectivity index (χ1n) is 9.31. The summed E-state index contributed by atoms with van der Waals surface area (Å²) in [7, 11) is 0. The van der Waals surface area contributed by atoms with E-state index in [0.29, 0.717) is 17.9 Å². The van der Waals surface area contributed by atoms with Crippen LogP contribution in [0.3, 0.4) is 0 Å². The Morgan fingerprint density at radius 2 is 1.59 bits per heavy atom. The van der Waals surface area contributed by atoms with Gasteiger partial charge >= 0.3 is 5.97 Å². The largest absolute Gasteiger partial charge is 0.478 e. The van der Waals surface area contributed by atoms with Crippen LogP contribution in [0.15, 0.2) is 96.4 Å². The molecule has 144 valence electrons. The highest BCUT2D eigenvalue weighted by Gasteiger charge is 2.12. The van der Waals surface area contributed by atoms with Crippen LogP contribution in [0.25, 0.3) is 11.1 Å². The van der Waals surface area contributed by atoms with Gasteiger partial charge in [-0.2, -0.15) is 0 Å². The van der Waals surface area contributed by atoms with Gasteiger partial charge in [0, 0.05) is 18.1 Å². The minimum absolute atomic E-state index is 0.340. The van der Waals surface area contributed by atoms with Gasteiger partial charge in [-0.3, -0.25) is 0 Å². The maximum atomic E-state index is 11.4. The number of imidazole rings is 1. The highest BCUT2D eigenvalue weighted by atomic mass is 32.2. The number of nitrogens with zero attached hydrogens (tertiary/aromatic N) is 2. The number of rotatable bonds is 7. The summed E-state index contributed by atoms with van der Waals surface area (Å²) in [6.07, 6.45) is 3.75. The van der Waals surface area contributed by atoms with Gasteiger partial charge in [0.15, 0.2) is 5.16 Å². The van der Waals surface area contributed by atoms with E-state index in [1.807, 2.05) is 36.5 Å². The van der Waals surface area contributed by atoms with Crippen molar-refractivity contribution >= 4 is 17.7 Å². The van der Waals surface area contributed by atoms with Crippen molar-refractivity contribution in [3.63, 3.8) is 0 Å². The fraction of sp³-hybridized carbons (Fsp3) is 0.0833. The molecule has 5 heteroatoms. The molecule has 0 amide bonds. The first-order valence-corrected chi connectivity index (χ1v) is 10.3. The van der Waals surface area contributed by atoms with Crippen molar-refractivity contribution in [2.75, 3.05) is 0 Å². The molecule has 29 heavy (non-hydrogen) atoms. The number of aromatic carboxylic acids is 1. The molecule has 0 aliphatic carbocycles. The zero-order valence-electron chi connectivity index (χ0n) is 15.7. The molecule has 0 radical (unpaired) electrons. The molecule has 0 spiro atoms. The van der Waals surface area contributed by atoms with Crippen molar-refractivity contribution < 1.29 is 9.90 Å². The number of hydrogen-bond donors (Lipinski definition) is 1. The molecule has 0 unspecified atom stereocenters. The summed E-state index contributed by atoms with van der Waals surface area (Å²) in [5.41, 5.74) is 4.74. The molecule has 3 aromatic carbocycles. The second-order valence-electron chi connectivity index (χ2n) is 6.61. The van der Waals surface area contributed by atoms with Crippen molar-refractivity contribution in [2.45, 2.75) is 17.5 Å². The van der Waals surface area contributed by atoms with Crippen molar-refractivity contribution in [3.8, 4) is 11.1 Å². The molecular weight excluding hydrogens is 380 g/mol. The third-order valence-electron chi connectivity index (χ3n) is 4.72. The van der Waals surface area contributed by atoms with Gasteiger partial charge in [-0.25, -0.2) is 9.78 Å². The zero-order chi connectivity index (χ0) is 20.1. The fourth-order valence-corrected chi connectivity index (χ4v) is 4.26. The summed E-state index contributed by atoms with van der Waals surface area (Å²) < 4.78 is 2.11. The number of carbonyl (C=O) groups is 1. The van der Waals surface area contributed by atoms with Crippen molar-refractivity contribution in [3.05, 3.63) is 108 Å². The smallest absolute Gasteiger partial charge is 0.335 e. The van der Waals surface area contributed by atoms with E-state index in [9.17, 15) is 9.90 Å². The highest BCUT2D eigenvalue weighted by Crippen LogP contribution is 2.27. The monoisotopic (exact) mass is 400 g/mol. The Morgan fingerprint density at radius 1 is 0.897 bits per heavy atom. The highest BCUT2D eigenvalue weighted by molar-refractivity contribution is 7.98. The van der Waals surface area contributed by atoms with E-state index < -0.39 is 5.97 Å². The Labute approximate surface area is 173 Å². The first-order chi connectivity index (χ1) is 14.2. The number of carboxylic acid groups (broad SMARTS) is 1. The lowest BCUT2D eigenvalue weighted by Crippen LogP contribution is -2.04. The number of benzene rings is 3. The van der Waals surface area contributed by atoms with E-state index in [4.69, 9.17) is 0 Å². The van der Waals surface area contributed by atoms with Crippen molar-refractivity contribution in [2.24, 2.45) is 0 Å². The van der Waals surface area contributed by atoms with Crippen LogP contribution in [-0.4, -0.2) is 20.6 Å². The second-order valence-corrected chi connectivity index (χ2v) is 7.55. The maximum absolute atomic E-state index is 11.4. The Bertz CT molecular complexity index is 1120. The molecule has 4 nitrogen and oxygen atoms in total. The van der Waals surface area contributed by atoms with Gasteiger partial charge in [0.1, 0.15) is 0 Å². The Kier molecular flexibility index (Phi) is 5.77. The molecule has 4 aromatic rings. The van der Waals surface area contributed by atoms with Crippen molar-refractivity contribution in [1.29, 1.82) is 0 Å². The van der Waals surface area contributed by atoms with Crippen LogP contribution < -0.4 is 0 Å². The van der Waals surface area contributed by atoms with E-state index >= 15 is 0 Å². The lowest BCUT2D eigenvalue weighted by Gasteiger charge is -2.13. The van der Waals surface area contributed by atoms with Gasteiger partial charge < -0.3 is 9.67 Å². The minimum Gasteiger partial charge on any atom is -0.478 e. The van der Waals surface area contributed by atoms with Gasteiger partial charge in [0.05, 0.1) is 12.1 Å². The molecule has 0 fully saturated rings. The summed E-state index contributed by atoms with van der Waals surface area (Å²) in [4.78, 5) is 15.9. The number of hydrogen-bond acceptors (Lipinski definition) is 3. The normalized spacial score (nSPS) is 10.8. The van der Waals surface area contributed by atoms with Gasteiger partial charge in [-0.05, 0) is 28.3 Å². The van der Waals surface area contributed by atoms with E-state index in [1.54, 1.807) is 30.1 Å². The maximum Gasteiger partial charge on any atom is 0.335 e. The lowest BCUT2D eigenvalue weighted by atomic mass is 10.00. The third-order valence-corrected chi connectivity index (χ3v) is 5.78. The van der Waals surface area contributed by atoms with Gasteiger partial charge in [-0.1, -0.05) is 84.6 Å². The van der Waals surface area contributed by atoms with Crippen LogP contribution in [-0.2, 0) is 12.3 Å². The molecule has 0 aliphatic rings. The molecule has 1 heterocycles. The average Bonchev–Trinajstić information content (AvgIpc) is 3.20. The number of thioether (sulfide) groups is 1. The van der Waals surface area contributed by atoms with Crippen LogP contribution in [0.2, 0.25) is 0 Å². The molecule has 0 aliphatic heterocycles. The Hall–Kier alpha value is -3.31. The lowest BCUT2D eigenvalue weighted by molar-refractivity contribution is 0.0696. The summed E-state index contributed by atoms with van der Waals surface area (Å²) in [6.45, 7) is 0.702. The van der Waals surface area contributed by atoms with Crippen LogP contribution in [0.5, 0.6) is 0 Å². The summed E-state index contributed by atoms with van der Waals surface area (Å²) in [5.74, 6) is -0.346. The Balaban J connectivity index is 1.55. The molecule has 0 bridgehead atoms. The van der Waals surface area contributed by atoms with Crippen molar-refractivity contribution in [1.82, 2.24) is 9.55 Å². The summed E-state index contributed by atoms with van der Waals surface area (Å²) >= 11 is 1.55. The van der Waals surface area contributed by atoms with Gasteiger partial charge in [0.2, 0.25) is 0 Å². The minimum atomic E-state index is -0.902. The topological polar surface area (TPSA) is 55.1 Å². The quantitative estimate of drug-likeness (QED) is 0.411. The Morgan fingerprint density at radius 3 is 2.38 bits per heavy atom. The first kappa shape index (κ1) is 19.0. The second kappa shape index (κ2) is 8.80. The van der Waals surface area contributed by atoms with Crippen LogP contribution in [0.1, 0.15) is 21.5 Å². The third kappa shape index (κ3) is 4.41. The predicted molar refractivity (Wildman–Crippen MR) is 116 cm³/mol. The summed E-state index contributed by atoms with van der Waals surface area (Å²) in [6, 6.07) is 25.8. The van der Waals surface area contributed by atoms with Gasteiger partial charge in [-0.15, -0.1) is 0 Å². The predicted octanol–water partition coefficient (Wildman–Crippen LogP) is 5.59. The number of carboxylic acids is 1. The van der Waals surface area contributed by atoms with E-state index in [1.165, 1.54) is 16.7 Å². The molecule has 0 saturated heterocycles. The zero-order valence-corrected chi connectivity index (χ0v) is 16.5. The van der Waals surface area contributed by atoms with Crippen LogP contribution in [0, 0.1) is 0 Å². The average molecular weight is 401 g/mol. The molecule has 4 rings (SSSR count). The molecular formula is C24H20N2O2S. The molecule has 1 N–H and O–H groups in total. The van der Waals surface area contributed by atoms with Crippen LogP contribution >= 0.6 is 11.8 Å². The van der Waals surface area contributed by atoms with Crippen LogP contribution in [0.4, 0.5) is 0 Å². The van der Waals surface area contributed by atoms with E-state index in [2.05, 4.69) is 45.9 Å². The molecule has 1 aromatic heterocycles. The van der Waals surface area contributed by atoms with Gasteiger partial charge in [0.25, 0.3) is 0 Å². The standard InChI is InChI=1S/C24H20N2O2S/c27-23(28)22-13-7-5-11-20(22)17-29-24-25-14-15-26(24)16-19-10-4-6-12-21(19)18-8-2-1-3-9-18/h1-15H,16-17H2,(H,27,28).